The van der Waals surface area contributed by atoms with Crippen molar-refractivity contribution in [1.29, 1.82) is 0 Å². The van der Waals surface area contributed by atoms with Crippen LogP contribution >= 0.6 is 27.5 Å². The van der Waals surface area contributed by atoms with E-state index in [1.165, 1.54) is 12.1 Å². The lowest BCUT2D eigenvalue weighted by atomic mass is 10.1. The number of hydrogen-bond acceptors (Lipinski definition) is 3. The van der Waals surface area contributed by atoms with E-state index >= 15 is 0 Å². The Kier molecular flexibility index (Phi) is 3.13. The Balaban J connectivity index is 2.61. The van der Waals surface area contributed by atoms with Crippen LogP contribution in [0.15, 0.2) is 27.2 Å². The highest BCUT2D eigenvalue weighted by atomic mass is 79.9. The van der Waals surface area contributed by atoms with Crippen molar-refractivity contribution in [2.24, 2.45) is 0 Å². The van der Waals surface area contributed by atoms with Gasteiger partial charge in [-0.3, -0.25) is 0 Å². The van der Waals surface area contributed by atoms with Gasteiger partial charge in [-0.05, 0) is 35.0 Å². The number of hydrogen-bond donors (Lipinski definition) is 0. The quantitative estimate of drug-likeness (QED) is 0.789. The lowest BCUT2D eigenvalue weighted by molar-refractivity contribution is -0.137. The highest BCUT2D eigenvalue weighted by molar-refractivity contribution is 9.10. The Hall–Kier alpha value is -1.08. The van der Waals surface area contributed by atoms with Crippen LogP contribution in [0.3, 0.4) is 0 Å². The molecule has 0 amide bonds. The standard InChI is InChI=1S/C9H3BrClF3N2O/c10-4-1-2-5(6(3-4)9(12,13)14)7-15-8(11)16-17-7/h1-3H. The van der Waals surface area contributed by atoms with Gasteiger partial charge in [0, 0.05) is 4.47 Å². The van der Waals surface area contributed by atoms with Crippen molar-refractivity contribution in [1.82, 2.24) is 10.1 Å². The van der Waals surface area contributed by atoms with E-state index in [0.717, 1.165) is 6.07 Å². The lowest BCUT2D eigenvalue weighted by Crippen LogP contribution is -2.07. The predicted octanol–water partition coefficient (Wildman–Crippen LogP) is 4.17. The minimum Gasteiger partial charge on any atom is -0.333 e. The van der Waals surface area contributed by atoms with E-state index in [1.54, 1.807) is 0 Å². The molecule has 1 aromatic carbocycles. The van der Waals surface area contributed by atoms with E-state index in [4.69, 9.17) is 11.6 Å². The number of benzene rings is 1. The Morgan fingerprint density at radius 2 is 2.00 bits per heavy atom. The summed E-state index contributed by atoms with van der Waals surface area (Å²) in [6, 6.07) is 3.62. The summed E-state index contributed by atoms with van der Waals surface area (Å²) in [7, 11) is 0. The van der Waals surface area contributed by atoms with E-state index in [1.807, 2.05) is 0 Å². The van der Waals surface area contributed by atoms with Gasteiger partial charge in [0.05, 0.1) is 11.1 Å². The summed E-state index contributed by atoms with van der Waals surface area (Å²) in [5.74, 6) is -0.269. The molecule has 0 aliphatic carbocycles. The molecule has 0 saturated carbocycles. The van der Waals surface area contributed by atoms with Crippen molar-refractivity contribution in [2.75, 3.05) is 0 Å². The van der Waals surface area contributed by atoms with Crippen molar-refractivity contribution in [3.8, 4) is 11.5 Å². The maximum Gasteiger partial charge on any atom is 0.417 e. The second-order valence-electron chi connectivity index (χ2n) is 3.06. The maximum atomic E-state index is 12.8. The zero-order valence-electron chi connectivity index (χ0n) is 7.92. The molecular formula is C9H3BrClF3N2O. The topological polar surface area (TPSA) is 38.9 Å². The van der Waals surface area contributed by atoms with E-state index < -0.39 is 11.7 Å². The Bertz CT molecular complexity index is 555. The molecule has 0 saturated heterocycles. The summed E-state index contributed by atoms with van der Waals surface area (Å²) in [5, 5.41) is 3.00. The molecule has 0 bridgehead atoms. The zero-order valence-corrected chi connectivity index (χ0v) is 10.3. The van der Waals surface area contributed by atoms with Gasteiger partial charge in [0.15, 0.2) is 0 Å². The number of nitrogens with zero attached hydrogens (tertiary/aromatic N) is 2. The first-order chi connectivity index (χ1) is 7.88. The van der Waals surface area contributed by atoms with Crippen LogP contribution in [0.4, 0.5) is 13.2 Å². The first kappa shape index (κ1) is 12.4. The predicted molar refractivity (Wildman–Crippen MR) is 57.4 cm³/mol. The minimum absolute atomic E-state index is 0.208. The van der Waals surface area contributed by atoms with E-state index in [2.05, 4.69) is 30.6 Å². The first-order valence-electron chi connectivity index (χ1n) is 4.24. The minimum atomic E-state index is -4.51. The summed E-state index contributed by atoms with van der Waals surface area (Å²) in [6.07, 6.45) is -4.51. The molecule has 2 rings (SSSR count). The first-order valence-corrected chi connectivity index (χ1v) is 5.41. The molecule has 2 aromatic rings. The molecule has 0 unspecified atom stereocenters. The average molecular weight is 327 g/mol. The Morgan fingerprint density at radius 1 is 1.29 bits per heavy atom. The van der Waals surface area contributed by atoms with Gasteiger partial charge in [-0.1, -0.05) is 15.9 Å². The molecule has 0 atom stereocenters. The third kappa shape index (κ3) is 2.61. The molecule has 90 valence electrons. The fraction of sp³-hybridized carbons (Fsp3) is 0.111. The molecule has 1 aromatic heterocycles. The average Bonchev–Trinajstić information content (AvgIpc) is 2.63. The summed E-state index contributed by atoms with van der Waals surface area (Å²) in [5.41, 5.74) is -1.08. The van der Waals surface area contributed by atoms with Crippen molar-refractivity contribution in [3.63, 3.8) is 0 Å². The van der Waals surface area contributed by atoms with Crippen LogP contribution in [0.5, 0.6) is 0 Å². The van der Waals surface area contributed by atoms with Crippen LogP contribution in [-0.2, 0) is 6.18 Å². The van der Waals surface area contributed by atoms with Crippen molar-refractivity contribution < 1.29 is 17.7 Å². The second-order valence-corrected chi connectivity index (χ2v) is 4.31. The van der Waals surface area contributed by atoms with Gasteiger partial charge in [0.1, 0.15) is 0 Å². The molecule has 3 nitrogen and oxygen atoms in total. The van der Waals surface area contributed by atoms with Gasteiger partial charge >= 0.3 is 6.18 Å². The lowest BCUT2D eigenvalue weighted by Gasteiger charge is -2.10. The van der Waals surface area contributed by atoms with Crippen LogP contribution in [0.25, 0.3) is 11.5 Å². The summed E-state index contributed by atoms with van der Waals surface area (Å²) in [6.45, 7) is 0. The van der Waals surface area contributed by atoms with E-state index in [-0.39, 0.29) is 16.7 Å². The molecule has 0 spiro atoms. The van der Waals surface area contributed by atoms with E-state index in [9.17, 15) is 13.2 Å². The van der Waals surface area contributed by atoms with Gasteiger partial charge < -0.3 is 4.52 Å². The van der Waals surface area contributed by atoms with Crippen molar-refractivity contribution >= 4 is 27.5 Å². The van der Waals surface area contributed by atoms with Crippen LogP contribution < -0.4 is 0 Å². The molecular weight excluding hydrogens is 324 g/mol. The molecule has 0 radical (unpaired) electrons. The normalized spacial score (nSPS) is 11.8. The molecule has 17 heavy (non-hydrogen) atoms. The van der Waals surface area contributed by atoms with E-state index in [0.29, 0.717) is 4.47 Å². The Labute approximate surface area is 107 Å². The highest BCUT2D eigenvalue weighted by Crippen LogP contribution is 2.38. The smallest absolute Gasteiger partial charge is 0.333 e. The summed E-state index contributed by atoms with van der Waals surface area (Å²) >= 11 is 8.38. The third-order valence-electron chi connectivity index (χ3n) is 1.92. The molecule has 0 aliphatic rings. The fourth-order valence-electron chi connectivity index (χ4n) is 1.25. The van der Waals surface area contributed by atoms with Crippen molar-refractivity contribution in [3.05, 3.63) is 33.5 Å². The molecule has 0 N–H and O–H groups in total. The van der Waals surface area contributed by atoms with Crippen LogP contribution in [0, 0.1) is 0 Å². The number of aromatic nitrogens is 2. The second kappa shape index (κ2) is 4.30. The highest BCUT2D eigenvalue weighted by Gasteiger charge is 2.35. The molecule has 0 aliphatic heterocycles. The van der Waals surface area contributed by atoms with Gasteiger partial charge in [-0.15, -0.1) is 0 Å². The number of rotatable bonds is 1. The summed E-state index contributed by atoms with van der Waals surface area (Å²) < 4.78 is 43.3. The van der Waals surface area contributed by atoms with Crippen molar-refractivity contribution in [2.45, 2.75) is 6.18 Å². The summed E-state index contributed by atoms with van der Waals surface area (Å²) in [4.78, 5) is 3.56. The fourth-order valence-corrected chi connectivity index (χ4v) is 1.72. The van der Waals surface area contributed by atoms with Gasteiger partial charge in [-0.2, -0.15) is 18.2 Å². The van der Waals surface area contributed by atoms with Gasteiger partial charge in [-0.25, -0.2) is 0 Å². The van der Waals surface area contributed by atoms with Gasteiger partial charge in [0.2, 0.25) is 0 Å². The monoisotopic (exact) mass is 326 g/mol. The number of alkyl halides is 3. The number of halogens is 5. The van der Waals surface area contributed by atoms with Crippen LogP contribution in [0.1, 0.15) is 5.56 Å². The SMILES string of the molecule is FC(F)(F)c1cc(Br)ccc1-c1nc(Cl)no1. The zero-order chi connectivity index (χ0) is 12.6. The molecule has 0 fully saturated rings. The van der Waals surface area contributed by atoms with Crippen LogP contribution in [0.2, 0.25) is 5.28 Å². The maximum absolute atomic E-state index is 12.8. The molecule has 1 heterocycles. The molecule has 8 heteroatoms. The van der Waals surface area contributed by atoms with Gasteiger partial charge in [0.25, 0.3) is 11.2 Å². The largest absolute Gasteiger partial charge is 0.417 e. The Morgan fingerprint density at radius 3 is 2.53 bits per heavy atom. The van der Waals surface area contributed by atoms with Crippen LogP contribution in [-0.4, -0.2) is 10.1 Å². The third-order valence-corrected chi connectivity index (χ3v) is 2.57.